The highest BCUT2D eigenvalue weighted by Crippen LogP contribution is 2.36. The first kappa shape index (κ1) is 26.7. The number of esters is 1. The number of carbonyl (C=O) groups is 1. The van der Waals surface area contributed by atoms with Crippen LogP contribution in [0.25, 0.3) is 0 Å². The Bertz CT molecular complexity index is 302. The summed E-state index contributed by atoms with van der Waals surface area (Å²) in [6.45, 7) is 16.1. The monoisotopic (exact) mass is 358 g/mol. The van der Waals surface area contributed by atoms with E-state index in [4.69, 9.17) is 9.84 Å². The Labute approximate surface area is 157 Å². The number of ether oxygens (including phenoxy) is 1. The SMILES string of the molecule is CCC(C)O.CCC(C)OC(C)=O.CCCC1CC(C)CC(CC)C1. The van der Waals surface area contributed by atoms with Crippen molar-refractivity contribution in [3.05, 3.63) is 0 Å². The summed E-state index contributed by atoms with van der Waals surface area (Å²) in [7, 11) is 0. The molecule has 0 spiro atoms. The molecule has 1 saturated carbocycles. The van der Waals surface area contributed by atoms with Gasteiger partial charge in [-0.25, -0.2) is 0 Å². The molecule has 0 bridgehead atoms. The van der Waals surface area contributed by atoms with Gasteiger partial charge in [-0.3, -0.25) is 4.79 Å². The summed E-state index contributed by atoms with van der Waals surface area (Å²) >= 11 is 0. The van der Waals surface area contributed by atoms with Crippen LogP contribution in [0.2, 0.25) is 0 Å². The topological polar surface area (TPSA) is 46.5 Å². The molecule has 0 saturated heterocycles. The largest absolute Gasteiger partial charge is 0.463 e. The molecule has 0 aliphatic heterocycles. The van der Waals surface area contributed by atoms with Crippen molar-refractivity contribution in [2.45, 2.75) is 119 Å². The second-order valence-corrected chi connectivity index (χ2v) is 7.83. The first-order valence-corrected chi connectivity index (χ1v) is 10.5. The van der Waals surface area contributed by atoms with E-state index >= 15 is 0 Å². The molecule has 152 valence electrons. The molecule has 1 rings (SSSR count). The highest BCUT2D eigenvalue weighted by molar-refractivity contribution is 5.66. The van der Waals surface area contributed by atoms with Gasteiger partial charge in [0.2, 0.25) is 0 Å². The van der Waals surface area contributed by atoms with Gasteiger partial charge in [-0.15, -0.1) is 0 Å². The second-order valence-electron chi connectivity index (χ2n) is 7.83. The molecule has 1 N–H and O–H groups in total. The van der Waals surface area contributed by atoms with Gasteiger partial charge in [-0.1, -0.05) is 53.9 Å². The van der Waals surface area contributed by atoms with Crippen molar-refractivity contribution in [3.63, 3.8) is 0 Å². The average molecular weight is 359 g/mol. The smallest absolute Gasteiger partial charge is 0.302 e. The van der Waals surface area contributed by atoms with E-state index in [0.717, 1.165) is 30.6 Å². The third kappa shape index (κ3) is 18.0. The minimum absolute atomic E-state index is 0.0764. The maximum Gasteiger partial charge on any atom is 0.302 e. The van der Waals surface area contributed by atoms with Gasteiger partial charge in [0, 0.05) is 6.92 Å². The van der Waals surface area contributed by atoms with Gasteiger partial charge in [0.15, 0.2) is 0 Å². The van der Waals surface area contributed by atoms with Crippen LogP contribution in [0.4, 0.5) is 0 Å². The van der Waals surface area contributed by atoms with Crippen LogP contribution in [0, 0.1) is 17.8 Å². The van der Waals surface area contributed by atoms with E-state index in [0.29, 0.717) is 0 Å². The van der Waals surface area contributed by atoms with Crippen LogP contribution in [0.5, 0.6) is 0 Å². The number of aliphatic hydroxyl groups is 1. The van der Waals surface area contributed by atoms with Crippen molar-refractivity contribution in [2.24, 2.45) is 17.8 Å². The number of rotatable bonds is 6. The Kier molecular flexibility index (Phi) is 18.0. The minimum atomic E-state index is -0.195. The Morgan fingerprint density at radius 1 is 1.04 bits per heavy atom. The number of hydrogen-bond acceptors (Lipinski definition) is 3. The molecule has 5 unspecified atom stereocenters. The van der Waals surface area contributed by atoms with Gasteiger partial charge in [-0.05, 0) is 63.7 Å². The maximum absolute atomic E-state index is 10.2. The summed E-state index contributed by atoms with van der Waals surface area (Å²) in [5.74, 6) is 2.91. The Balaban J connectivity index is 0. The van der Waals surface area contributed by atoms with Gasteiger partial charge in [0.25, 0.3) is 0 Å². The molecule has 0 amide bonds. The summed E-state index contributed by atoms with van der Waals surface area (Å²) < 4.78 is 4.76. The van der Waals surface area contributed by atoms with Crippen LogP contribution in [0.3, 0.4) is 0 Å². The maximum atomic E-state index is 10.2. The lowest BCUT2D eigenvalue weighted by Gasteiger charge is -2.32. The molecule has 0 aromatic heterocycles. The predicted molar refractivity (Wildman–Crippen MR) is 109 cm³/mol. The van der Waals surface area contributed by atoms with Crippen LogP contribution in [0.15, 0.2) is 0 Å². The molecule has 1 aliphatic carbocycles. The number of hydrogen-bond donors (Lipinski definition) is 1. The van der Waals surface area contributed by atoms with Crippen molar-refractivity contribution in [1.82, 2.24) is 0 Å². The molecular weight excluding hydrogens is 312 g/mol. The fourth-order valence-corrected chi connectivity index (χ4v) is 3.24. The van der Waals surface area contributed by atoms with Crippen molar-refractivity contribution >= 4 is 5.97 Å². The molecule has 25 heavy (non-hydrogen) atoms. The van der Waals surface area contributed by atoms with E-state index in [2.05, 4.69) is 20.8 Å². The zero-order valence-electron chi connectivity index (χ0n) is 18.3. The third-order valence-corrected chi connectivity index (χ3v) is 4.95. The summed E-state index contributed by atoms with van der Waals surface area (Å²) in [6.07, 6.45) is 10.5. The Hall–Kier alpha value is -0.570. The number of carbonyl (C=O) groups excluding carboxylic acids is 1. The van der Waals surface area contributed by atoms with Gasteiger partial charge in [-0.2, -0.15) is 0 Å². The standard InChI is InChI=1S/C12H24.C6H12O2.C4H10O/c1-4-6-12-8-10(3)7-11(5-2)9-12;1-4-5(2)8-6(3)7;1-3-4(2)5/h10-12H,4-9H2,1-3H3;5H,4H2,1-3H3;4-5H,3H2,1-2H3. The molecule has 3 heteroatoms. The Morgan fingerprint density at radius 2 is 1.56 bits per heavy atom. The van der Waals surface area contributed by atoms with Crippen LogP contribution in [0.1, 0.15) is 107 Å². The molecule has 1 fully saturated rings. The highest BCUT2D eigenvalue weighted by atomic mass is 16.5. The first-order valence-electron chi connectivity index (χ1n) is 10.5. The minimum Gasteiger partial charge on any atom is -0.463 e. The third-order valence-electron chi connectivity index (χ3n) is 4.95. The molecular formula is C22H46O3. The van der Waals surface area contributed by atoms with E-state index in [-0.39, 0.29) is 18.2 Å². The molecule has 0 radical (unpaired) electrons. The molecule has 0 heterocycles. The molecule has 1 aliphatic rings. The van der Waals surface area contributed by atoms with E-state index in [1.807, 2.05) is 20.8 Å². The molecule has 0 aromatic rings. The van der Waals surface area contributed by atoms with Crippen molar-refractivity contribution in [3.8, 4) is 0 Å². The molecule has 5 atom stereocenters. The lowest BCUT2D eigenvalue weighted by Crippen LogP contribution is -2.20. The van der Waals surface area contributed by atoms with Crippen molar-refractivity contribution in [2.75, 3.05) is 0 Å². The predicted octanol–water partition coefficient (Wildman–Crippen LogP) is 6.37. The lowest BCUT2D eigenvalue weighted by atomic mass is 9.73. The fraction of sp³-hybridized carbons (Fsp3) is 0.955. The zero-order valence-corrected chi connectivity index (χ0v) is 18.3. The van der Waals surface area contributed by atoms with E-state index < -0.39 is 0 Å². The normalized spacial score (nSPS) is 24.8. The summed E-state index contributed by atoms with van der Waals surface area (Å²) in [5, 5.41) is 8.36. The summed E-state index contributed by atoms with van der Waals surface area (Å²) in [5.41, 5.74) is 0. The van der Waals surface area contributed by atoms with E-state index in [1.54, 1.807) is 6.92 Å². The van der Waals surface area contributed by atoms with Gasteiger partial charge >= 0.3 is 5.97 Å². The molecule has 0 aromatic carbocycles. The zero-order chi connectivity index (χ0) is 19.8. The van der Waals surface area contributed by atoms with E-state index in [1.165, 1.54) is 45.4 Å². The van der Waals surface area contributed by atoms with Crippen molar-refractivity contribution in [1.29, 1.82) is 0 Å². The second kappa shape index (κ2) is 16.9. The quantitative estimate of drug-likeness (QED) is 0.561. The van der Waals surface area contributed by atoms with Crippen LogP contribution < -0.4 is 0 Å². The lowest BCUT2D eigenvalue weighted by molar-refractivity contribution is -0.145. The fourth-order valence-electron chi connectivity index (χ4n) is 3.24. The van der Waals surface area contributed by atoms with Gasteiger partial charge in [0.05, 0.1) is 12.2 Å². The summed E-state index contributed by atoms with van der Waals surface area (Å²) in [4.78, 5) is 10.2. The van der Waals surface area contributed by atoms with Crippen LogP contribution in [-0.2, 0) is 9.53 Å². The first-order chi connectivity index (χ1) is 11.7. The Morgan fingerprint density at radius 3 is 1.88 bits per heavy atom. The van der Waals surface area contributed by atoms with Crippen LogP contribution >= 0.6 is 0 Å². The summed E-state index contributed by atoms with van der Waals surface area (Å²) in [6, 6.07) is 0. The molecule has 3 nitrogen and oxygen atoms in total. The van der Waals surface area contributed by atoms with Crippen molar-refractivity contribution < 1.29 is 14.6 Å². The van der Waals surface area contributed by atoms with Crippen LogP contribution in [-0.4, -0.2) is 23.3 Å². The highest BCUT2D eigenvalue weighted by Gasteiger charge is 2.24. The van der Waals surface area contributed by atoms with Gasteiger partial charge in [0.1, 0.15) is 0 Å². The van der Waals surface area contributed by atoms with Gasteiger partial charge < -0.3 is 9.84 Å². The van der Waals surface area contributed by atoms with E-state index in [9.17, 15) is 4.79 Å². The average Bonchev–Trinajstić information content (AvgIpc) is 2.55. The number of aliphatic hydroxyl groups excluding tert-OH is 1.